The second kappa shape index (κ2) is 5.05. The van der Waals surface area contributed by atoms with Crippen molar-refractivity contribution in [2.75, 3.05) is 11.9 Å². The zero-order chi connectivity index (χ0) is 13.1. The summed E-state index contributed by atoms with van der Waals surface area (Å²) in [5.41, 5.74) is 3.94. The van der Waals surface area contributed by atoms with Gasteiger partial charge >= 0.3 is 0 Å². The maximum Gasteiger partial charge on any atom is 0.258 e. The van der Waals surface area contributed by atoms with Crippen molar-refractivity contribution in [1.82, 2.24) is 0 Å². The molecule has 2 aromatic rings. The van der Waals surface area contributed by atoms with E-state index < -0.39 is 0 Å². The van der Waals surface area contributed by atoms with Gasteiger partial charge in [-0.2, -0.15) is 0 Å². The van der Waals surface area contributed by atoms with Crippen LogP contribution in [-0.2, 0) is 0 Å². The van der Waals surface area contributed by atoms with E-state index in [1.165, 1.54) is 0 Å². The molecule has 0 aromatic heterocycles. The minimum absolute atomic E-state index is 0.0144. The quantitative estimate of drug-likeness (QED) is 0.784. The highest BCUT2D eigenvalue weighted by molar-refractivity contribution is 6.05. The molecule has 2 aromatic carbocycles. The van der Waals surface area contributed by atoms with Gasteiger partial charge in [0.1, 0.15) is 0 Å². The van der Waals surface area contributed by atoms with Crippen LogP contribution in [0.15, 0.2) is 48.5 Å². The third-order valence-corrected chi connectivity index (χ3v) is 2.99. The van der Waals surface area contributed by atoms with Crippen LogP contribution in [-0.4, -0.2) is 13.0 Å². The predicted molar refractivity (Wildman–Crippen MR) is 75.1 cm³/mol. The van der Waals surface area contributed by atoms with Crippen molar-refractivity contribution in [3.05, 3.63) is 65.2 Å². The standard InChI is InChI=1S/C16H17NO/c1-12-7-9-14(10-8-12)16(18)17(3)15-6-4-5-13(2)11-15/h4-11H,1-3H3. The molecule has 0 heterocycles. The Bertz CT molecular complexity index is 558. The Morgan fingerprint density at radius 2 is 1.61 bits per heavy atom. The summed E-state index contributed by atoms with van der Waals surface area (Å²) >= 11 is 0. The van der Waals surface area contributed by atoms with Gasteiger partial charge in [-0.25, -0.2) is 0 Å². The van der Waals surface area contributed by atoms with E-state index in [2.05, 4.69) is 0 Å². The van der Waals surface area contributed by atoms with E-state index in [0.29, 0.717) is 5.56 Å². The molecule has 0 fully saturated rings. The van der Waals surface area contributed by atoms with Gasteiger partial charge in [0.15, 0.2) is 0 Å². The van der Waals surface area contributed by atoms with Gasteiger partial charge in [-0.3, -0.25) is 4.79 Å². The number of aryl methyl sites for hydroxylation is 2. The topological polar surface area (TPSA) is 20.3 Å². The number of anilines is 1. The van der Waals surface area contributed by atoms with Crippen LogP contribution in [0.2, 0.25) is 0 Å². The average Bonchev–Trinajstić information content (AvgIpc) is 2.38. The first kappa shape index (κ1) is 12.4. The molecule has 92 valence electrons. The van der Waals surface area contributed by atoms with Gasteiger partial charge in [-0.15, -0.1) is 0 Å². The normalized spacial score (nSPS) is 10.2. The SMILES string of the molecule is Cc1ccc(C(=O)N(C)c2cccc(C)c2)cc1. The first-order valence-corrected chi connectivity index (χ1v) is 5.99. The van der Waals surface area contributed by atoms with Gasteiger partial charge in [-0.05, 0) is 43.7 Å². The minimum Gasteiger partial charge on any atom is -0.311 e. The lowest BCUT2D eigenvalue weighted by atomic mass is 10.1. The maximum atomic E-state index is 12.3. The van der Waals surface area contributed by atoms with E-state index in [9.17, 15) is 4.79 Å². The fourth-order valence-corrected chi connectivity index (χ4v) is 1.84. The zero-order valence-corrected chi connectivity index (χ0v) is 11.0. The number of benzene rings is 2. The summed E-state index contributed by atoms with van der Waals surface area (Å²) in [5.74, 6) is 0.0144. The molecule has 0 aliphatic heterocycles. The third-order valence-electron chi connectivity index (χ3n) is 2.99. The molecule has 1 amide bonds. The van der Waals surface area contributed by atoms with Crippen molar-refractivity contribution < 1.29 is 4.79 Å². The number of carbonyl (C=O) groups excluding carboxylic acids is 1. The van der Waals surface area contributed by atoms with Gasteiger partial charge in [0.25, 0.3) is 5.91 Å². The summed E-state index contributed by atoms with van der Waals surface area (Å²) in [7, 11) is 1.80. The van der Waals surface area contributed by atoms with Crippen molar-refractivity contribution in [3.63, 3.8) is 0 Å². The molecule has 0 atom stereocenters. The van der Waals surface area contributed by atoms with Crippen LogP contribution < -0.4 is 4.90 Å². The lowest BCUT2D eigenvalue weighted by Crippen LogP contribution is -2.26. The number of amides is 1. The molecule has 0 saturated heterocycles. The summed E-state index contributed by atoms with van der Waals surface area (Å²) in [6.07, 6.45) is 0. The lowest BCUT2D eigenvalue weighted by Gasteiger charge is -2.18. The first-order chi connectivity index (χ1) is 8.58. The van der Waals surface area contributed by atoms with Crippen molar-refractivity contribution in [1.29, 1.82) is 0 Å². The van der Waals surface area contributed by atoms with Crippen LogP contribution in [0.1, 0.15) is 21.5 Å². The van der Waals surface area contributed by atoms with Crippen LogP contribution in [0.3, 0.4) is 0 Å². The smallest absolute Gasteiger partial charge is 0.258 e. The highest BCUT2D eigenvalue weighted by Crippen LogP contribution is 2.17. The van der Waals surface area contributed by atoms with Crippen molar-refractivity contribution in [3.8, 4) is 0 Å². The van der Waals surface area contributed by atoms with E-state index in [0.717, 1.165) is 16.8 Å². The minimum atomic E-state index is 0.0144. The second-order valence-electron chi connectivity index (χ2n) is 4.57. The van der Waals surface area contributed by atoms with E-state index in [4.69, 9.17) is 0 Å². The molecule has 0 unspecified atom stereocenters. The number of carbonyl (C=O) groups is 1. The second-order valence-corrected chi connectivity index (χ2v) is 4.57. The van der Waals surface area contributed by atoms with Gasteiger partial charge in [-0.1, -0.05) is 29.8 Å². The Balaban J connectivity index is 2.26. The Morgan fingerprint density at radius 3 is 2.22 bits per heavy atom. The molecule has 0 bridgehead atoms. The van der Waals surface area contributed by atoms with E-state index >= 15 is 0 Å². The largest absolute Gasteiger partial charge is 0.311 e. The fourth-order valence-electron chi connectivity index (χ4n) is 1.84. The Labute approximate surface area is 108 Å². The molecule has 0 radical (unpaired) electrons. The molecule has 0 saturated carbocycles. The van der Waals surface area contributed by atoms with E-state index in [1.54, 1.807) is 11.9 Å². The number of hydrogen-bond acceptors (Lipinski definition) is 1. The highest BCUT2D eigenvalue weighted by Gasteiger charge is 2.12. The molecule has 0 spiro atoms. The van der Waals surface area contributed by atoms with Crippen LogP contribution in [0.25, 0.3) is 0 Å². The molecule has 18 heavy (non-hydrogen) atoms. The molecule has 2 heteroatoms. The van der Waals surface area contributed by atoms with Crippen molar-refractivity contribution >= 4 is 11.6 Å². The van der Waals surface area contributed by atoms with Gasteiger partial charge in [0, 0.05) is 18.3 Å². The first-order valence-electron chi connectivity index (χ1n) is 5.99. The zero-order valence-electron chi connectivity index (χ0n) is 11.0. The van der Waals surface area contributed by atoms with Crippen molar-refractivity contribution in [2.45, 2.75) is 13.8 Å². The molecule has 0 aliphatic carbocycles. The molecule has 0 N–H and O–H groups in total. The Hall–Kier alpha value is -2.09. The lowest BCUT2D eigenvalue weighted by molar-refractivity contribution is 0.0993. The third kappa shape index (κ3) is 2.59. The maximum absolute atomic E-state index is 12.3. The van der Waals surface area contributed by atoms with Gasteiger partial charge < -0.3 is 4.90 Å². The highest BCUT2D eigenvalue weighted by atomic mass is 16.2. The summed E-state index contributed by atoms with van der Waals surface area (Å²) in [4.78, 5) is 14.0. The molecule has 2 nitrogen and oxygen atoms in total. The van der Waals surface area contributed by atoms with E-state index in [1.807, 2.05) is 62.4 Å². The van der Waals surface area contributed by atoms with E-state index in [-0.39, 0.29) is 5.91 Å². The summed E-state index contributed by atoms with van der Waals surface area (Å²) in [5, 5.41) is 0. The van der Waals surface area contributed by atoms with Crippen LogP contribution in [0.5, 0.6) is 0 Å². The molecule has 2 rings (SSSR count). The average molecular weight is 239 g/mol. The predicted octanol–water partition coefficient (Wildman–Crippen LogP) is 3.58. The number of nitrogens with zero attached hydrogens (tertiary/aromatic N) is 1. The number of hydrogen-bond donors (Lipinski definition) is 0. The van der Waals surface area contributed by atoms with Crippen molar-refractivity contribution in [2.24, 2.45) is 0 Å². The molecular formula is C16H17NO. The van der Waals surface area contributed by atoms with Crippen LogP contribution >= 0.6 is 0 Å². The summed E-state index contributed by atoms with van der Waals surface area (Å²) in [6.45, 7) is 4.03. The Morgan fingerprint density at radius 1 is 0.944 bits per heavy atom. The monoisotopic (exact) mass is 239 g/mol. The fraction of sp³-hybridized carbons (Fsp3) is 0.188. The summed E-state index contributed by atoms with van der Waals surface area (Å²) in [6, 6.07) is 15.6. The van der Waals surface area contributed by atoms with Crippen LogP contribution in [0.4, 0.5) is 5.69 Å². The Kier molecular flexibility index (Phi) is 3.47. The van der Waals surface area contributed by atoms with Crippen LogP contribution in [0, 0.1) is 13.8 Å². The van der Waals surface area contributed by atoms with Gasteiger partial charge in [0.05, 0.1) is 0 Å². The number of rotatable bonds is 2. The summed E-state index contributed by atoms with van der Waals surface area (Å²) < 4.78 is 0. The molecule has 0 aliphatic rings. The van der Waals surface area contributed by atoms with Gasteiger partial charge in [0.2, 0.25) is 0 Å². The molecular weight excluding hydrogens is 222 g/mol.